The molecule has 0 aromatic heterocycles. The van der Waals surface area contributed by atoms with E-state index < -0.39 is 17.4 Å². The number of hydrogen-bond acceptors (Lipinski definition) is 2. The molecule has 2 N–H and O–H groups in total. The van der Waals surface area contributed by atoms with Crippen molar-refractivity contribution >= 4 is 24.1 Å². The van der Waals surface area contributed by atoms with Crippen LogP contribution in [0.4, 0.5) is 0 Å². The van der Waals surface area contributed by atoms with Crippen LogP contribution in [-0.4, -0.2) is 22.2 Å². The lowest BCUT2D eigenvalue weighted by molar-refractivity contribution is -0.143. The average Bonchev–Trinajstić information content (AvgIpc) is 2.65. The molecule has 0 fully saturated rings. The predicted octanol–water partition coefficient (Wildman–Crippen LogP) is 4.60. The van der Waals surface area contributed by atoms with E-state index in [0.717, 1.165) is 0 Å². The highest BCUT2D eigenvalue weighted by Gasteiger charge is 2.44. The topological polar surface area (TPSA) is 74.6 Å². The third kappa shape index (κ3) is 3.59. The lowest BCUT2D eigenvalue weighted by Crippen LogP contribution is -2.38. The first-order valence-electron chi connectivity index (χ1n) is 8.36. The second-order valence-corrected chi connectivity index (χ2v) is 6.04. The first kappa shape index (κ1) is 19.2. The first-order valence-corrected chi connectivity index (χ1v) is 8.36. The van der Waals surface area contributed by atoms with Crippen LogP contribution in [0.5, 0.6) is 0 Å². The maximum absolute atomic E-state index is 12.6. The fourth-order valence-electron chi connectivity index (χ4n) is 3.38. The fraction of sp³-hybridized carbons (Fsp3) is 0.182. The molecule has 2 rings (SSSR count). The molecule has 2 aromatic rings. The van der Waals surface area contributed by atoms with Crippen LogP contribution in [0.1, 0.15) is 41.5 Å². The van der Waals surface area contributed by atoms with Gasteiger partial charge in [-0.25, -0.2) is 0 Å². The molecule has 0 saturated heterocycles. The minimum Gasteiger partial charge on any atom is -0.481 e. The minimum absolute atomic E-state index is 0.0957. The largest absolute Gasteiger partial charge is 0.481 e. The molecule has 0 aliphatic heterocycles. The van der Waals surface area contributed by atoms with Crippen molar-refractivity contribution in [3.63, 3.8) is 0 Å². The molecule has 4 heteroatoms. The molecule has 4 nitrogen and oxygen atoms in total. The van der Waals surface area contributed by atoms with Crippen molar-refractivity contribution in [3.05, 3.63) is 83.9 Å². The molecule has 0 heterocycles. The van der Waals surface area contributed by atoms with Gasteiger partial charge in [-0.3, -0.25) is 9.59 Å². The lowest BCUT2D eigenvalue weighted by Gasteiger charge is -2.33. The summed E-state index contributed by atoms with van der Waals surface area (Å²) in [6, 6.07) is 14.4. The van der Waals surface area contributed by atoms with E-state index in [2.05, 4.69) is 13.2 Å². The highest BCUT2D eigenvalue weighted by Crippen LogP contribution is 2.41. The van der Waals surface area contributed by atoms with Gasteiger partial charge in [-0.05, 0) is 35.1 Å². The van der Waals surface area contributed by atoms with Gasteiger partial charge in [0.15, 0.2) is 0 Å². The van der Waals surface area contributed by atoms with Crippen LogP contribution in [0.3, 0.4) is 0 Å². The Balaban J connectivity index is 2.77. The van der Waals surface area contributed by atoms with Gasteiger partial charge in [0.25, 0.3) is 0 Å². The van der Waals surface area contributed by atoms with Crippen LogP contribution in [0.15, 0.2) is 61.7 Å². The summed E-state index contributed by atoms with van der Waals surface area (Å²) in [7, 11) is 0. The van der Waals surface area contributed by atoms with Crippen molar-refractivity contribution < 1.29 is 19.8 Å². The Morgan fingerprint density at radius 2 is 1.35 bits per heavy atom. The van der Waals surface area contributed by atoms with E-state index in [0.29, 0.717) is 22.3 Å². The van der Waals surface area contributed by atoms with Gasteiger partial charge >= 0.3 is 11.9 Å². The normalized spacial score (nSPS) is 10.9. The maximum Gasteiger partial charge on any atom is 0.318 e. The van der Waals surface area contributed by atoms with Crippen molar-refractivity contribution in [2.24, 2.45) is 0 Å². The van der Waals surface area contributed by atoms with Crippen molar-refractivity contribution in [1.82, 2.24) is 0 Å². The molecule has 0 spiro atoms. The van der Waals surface area contributed by atoms with Gasteiger partial charge in [-0.2, -0.15) is 0 Å². The monoisotopic (exact) mass is 350 g/mol. The van der Waals surface area contributed by atoms with Crippen molar-refractivity contribution in [2.45, 2.75) is 24.7 Å². The van der Waals surface area contributed by atoms with Crippen molar-refractivity contribution in [3.8, 4) is 0 Å². The molecule has 0 aliphatic rings. The third-order valence-corrected chi connectivity index (χ3v) is 4.59. The summed E-state index contributed by atoms with van der Waals surface area (Å²) >= 11 is 0. The maximum atomic E-state index is 12.6. The van der Waals surface area contributed by atoms with E-state index >= 15 is 0 Å². The van der Waals surface area contributed by atoms with Gasteiger partial charge in [-0.15, -0.1) is 0 Å². The zero-order valence-electron chi connectivity index (χ0n) is 14.5. The van der Waals surface area contributed by atoms with Gasteiger partial charge in [0, 0.05) is 6.42 Å². The first-order chi connectivity index (χ1) is 12.5. The van der Waals surface area contributed by atoms with Crippen molar-refractivity contribution in [1.29, 1.82) is 0 Å². The number of carboxylic acid groups (broad SMARTS) is 2. The van der Waals surface area contributed by atoms with Gasteiger partial charge < -0.3 is 10.2 Å². The van der Waals surface area contributed by atoms with E-state index in [1.165, 1.54) is 0 Å². The Morgan fingerprint density at radius 1 is 0.885 bits per heavy atom. The summed E-state index contributed by atoms with van der Waals surface area (Å²) in [6.45, 7) is 7.60. The molecule has 0 amide bonds. The summed E-state index contributed by atoms with van der Waals surface area (Å²) in [6.07, 6.45) is 3.55. The van der Waals surface area contributed by atoms with Gasteiger partial charge in [0.2, 0.25) is 0 Å². The van der Waals surface area contributed by atoms with E-state index in [1.54, 1.807) is 36.4 Å². The summed E-state index contributed by atoms with van der Waals surface area (Å²) in [5.41, 5.74) is 1.24. The Labute approximate surface area is 153 Å². The summed E-state index contributed by atoms with van der Waals surface area (Å²) in [4.78, 5) is 23.6. The molecule has 0 unspecified atom stereocenters. The van der Waals surface area contributed by atoms with Gasteiger partial charge in [0.1, 0.15) is 5.41 Å². The second-order valence-electron chi connectivity index (χ2n) is 6.04. The third-order valence-electron chi connectivity index (χ3n) is 4.59. The van der Waals surface area contributed by atoms with E-state index in [9.17, 15) is 14.7 Å². The highest BCUT2D eigenvalue weighted by atomic mass is 16.4. The van der Waals surface area contributed by atoms with Crippen LogP contribution in [-0.2, 0) is 15.0 Å². The molecule has 0 aliphatic carbocycles. The van der Waals surface area contributed by atoms with Crippen LogP contribution in [0.2, 0.25) is 0 Å². The molecule has 0 atom stereocenters. The summed E-state index contributed by atoms with van der Waals surface area (Å²) in [5.74, 6) is -1.97. The highest BCUT2D eigenvalue weighted by molar-refractivity contribution is 5.89. The molecule has 26 heavy (non-hydrogen) atoms. The van der Waals surface area contributed by atoms with Gasteiger partial charge in [0.05, 0.1) is 0 Å². The number of carboxylic acids is 2. The molecule has 2 aromatic carbocycles. The molecular formula is C22H22O4. The number of hydrogen-bond donors (Lipinski definition) is 2. The van der Waals surface area contributed by atoms with Crippen LogP contribution in [0, 0.1) is 0 Å². The summed E-state index contributed by atoms with van der Waals surface area (Å²) < 4.78 is 0. The Morgan fingerprint density at radius 3 is 1.73 bits per heavy atom. The van der Waals surface area contributed by atoms with Crippen LogP contribution < -0.4 is 0 Å². The second kappa shape index (κ2) is 8.30. The smallest absolute Gasteiger partial charge is 0.318 e. The molecule has 134 valence electrons. The minimum atomic E-state index is -1.38. The number of rotatable bonds is 9. The zero-order valence-corrected chi connectivity index (χ0v) is 14.5. The quantitative estimate of drug-likeness (QED) is 0.693. The van der Waals surface area contributed by atoms with E-state index in [-0.39, 0.29) is 19.3 Å². The van der Waals surface area contributed by atoms with Crippen molar-refractivity contribution in [2.75, 3.05) is 0 Å². The molecule has 0 radical (unpaired) electrons. The average molecular weight is 350 g/mol. The molecule has 0 saturated carbocycles. The lowest BCUT2D eigenvalue weighted by atomic mass is 9.68. The van der Waals surface area contributed by atoms with Crippen LogP contribution >= 0.6 is 0 Å². The number of carbonyl (C=O) groups is 2. The fourth-order valence-corrected chi connectivity index (χ4v) is 3.38. The van der Waals surface area contributed by atoms with Gasteiger partial charge in [-0.1, -0.05) is 73.8 Å². The van der Waals surface area contributed by atoms with E-state index in [4.69, 9.17) is 5.11 Å². The predicted molar refractivity (Wildman–Crippen MR) is 103 cm³/mol. The Bertz CT molecular complexity index is 784. The Hall–Kier alpha value is -3.14. The SMILES string of the molecule is C=Cc1ccccc1C(CCCC(=O)O)(C(=O)O)c1ccccc1C=C. The molecule has 0 bridgehead atoms. The number of aliphatic carboxylic acids is 2. The van der Waals surface area contributed by atoms with Crippen LogP contribution in [0.25, 0.3) is 12.2 Å². The standard InChI is InChI=1S/C22H22O4/c1-3-16-10-5-7-12-18(16)22(21(25)26,15-9-14-20(23)24)19-13-8-6-11-17(19)4-2/h3-8,10-13H,1-2,9,14-15H2,(H,23,24)(H,25,26). The van der Waals surface area contributed by atoms with E-state index in [1.807, 2.05) is 24.3 Å². The number of benzene rings is 2. The zero-order chi connectivity index (χ0) is 19.2. The molecular weight excluding hydrogens is 328 g/mol. The summed E-state index contributed by atoms with van der Waals surface area (Å²) in [5, 5.41) is 19.3. The Kier molecular flexibility index (Phi) is 6.12.